The summed E-state index contributed by atoms with van der Waals surface area (Å²) in [5, 5.41) is 10.9. The Hall–Kier alpha value is -2.24. The lowest BCUT2D eigenvalue weighted by molar-refractivity contribution is -0.384. The molecule has 12 heteroatoms. The van der Waals surface area contributed by atoms with Crippen molar-refractivity contribution in [1.82, 2.24) is 9.62 Å². The van der Waals surface area contributed by atoms with E-state index in [1.807, 2.05) is 6.92 Å². The number of likely N-dealkylation sites (tertiary alicyclic amines) is 1. The average Bonchev–Trinajstić information content (AvgIpc) is 2.76. The van der Waals surface area contributed by atoms with Crippen molar-refractivity contribution in [2.75, 3.05) is 19.7 Å². The topological polar surface area (TPSA) is 136 Å². The monoisotopic (exact) mass is 489 g/mol. The van der Waals surface area contributed by atoms with Crippen LogP contribution in [0.4, 0.5) is 5.69 Å². The molecule has 0 saturated carbocycles. The number of esters is 1. The third kappa shape index (κ3) is 6.17. The van der Waals surface area contributed by atoms with Crippen molar-refractivity contribution in [2.24, 2.45) is 11.8 Å². The molecule has 0 aromatic heterocycles. The van der Waals surface area contributed by atoms with E-state index in [1.54, 1.807) is 13.8 Å². The summed E-state index contributed by atoms with van der Waals surface area (Å²) in [4.78, 5) is 36.9. The molecular formula is C20H28ClN3O7S. The molecule has 0 bridgehead atoms. The van der Waals surface area contributed by atoms with Crippen molar-refractivity contribution < 1.29 is 27.7 Å². The molecule has 1 aliphatic heterocycles. The molecule has 1 N–H and O–H groups in total. The lowest BCUT2D eigenvalue weighted by Gasteiger charge is -2.35. The molecule has 1 saturated heterocycles. The van der Waals surface area contributed by atoms with Crippen LogP contribution in [0.5, 0.6) is 0 Å². The number of sulfonamides is 1. The van der Waals surface area contributed by atoms with Gasteiger partial charge in [-0.05, 0) is 37.8 Å². The predicted octanol–water partition coefficient (Wildman–Crippen LogP) is 2.74. The van der Waals surface area contributed by atoms with Crippen LogP contribution in [0.1, 0.15) is 40.0 Å². The second kappa shape index (κ2) is 11.1. The van der Waals surface area contributed by atoms with Gasteiger partial charge in [0.1, 0.15) is 11.1 Å². The first-order chi connectivity index (χ1) is 15.0. The van der Waals surface area contributed by atoms with E-state index in [1.165, 1.54) is 4.90 Å². The summed E-state index contributed by atoms with van der Waals surface area (Å²) >= 11 is 5.78. The van der Waals surface area contributed by atoms with Crippen LogP contribution >= 0.6 is 11.6 Å². The molecule has 32 heavy (non-hydrogen) atoms. The van der Waals surface area contributed by atoms with Gasteiger partial charge in [0, 0.05) is 19.2 Å². The highest BCUT2D eigenvalue weighted by Gasteiger charge is 2.37. The number of hydrogen-bond acceptors (Lipinski definition) is 7. The molecule has 10 nitrogen and oxygen atoms in total. The number of amides is 1. The summed E-state index contributed by atoms with van der Waals surface area (Å²) in [5.41, 5.74) is -0.547. The van der Waals surface area contributed by atoms with Gasteiger partial charge in [-0.3, -0.25) is 19.7 Å². The predicted molar refractivity (Wildman–Crippen MR) is 118 cm³/mol. The van der Waals surface area contributed by atoms with Crippen molar-refractivity contribution in [3.63, 3.8) is 0 Å². The molecule has 0 radical (unpaired) electrons. The number of ether oxygens (including phenoxy) is 1. The second-order valence-electron chi connectivity index (χ2n) is 7.73. The number of benzene rings is 1. The Bertz CT molecular complexity index is 970. The number of carbonyl (C=O) groups excluding carboxylic acids is 2. The minimum Gasteiger partial charge on any atom is -0.466 e. The third-order valence-corrected chi connectivity index (χ3v) is 7.30. The van der Waals surface area contributed by atoms with Gasteiger partial charge < -0.3 is 9.64 Å². The molecule has 1 aromatic carbocycles. The van der Waals surface area contributed by atoms with Gasteiger partial charge in [-0.25, -0.2) is 8.42 Å². The Morgan fingerprint density at radius 1 is 1.38 bits per heavy atom. The molecule has 178 valence electrons. The molecule has 1 heterocycles. The van der Waals surface area contributed by atoms with Gasteiger partial charge in [0.15, 0.2) is 0 Å². The minimum absolute atomic E-state index is 0.152. The smallest absolute Gasteiger partial charge is 0.310 e. The van der Waals surface area contributed by atoms with E-state index in [0.29, 0.717) is 25.8 Å². The van der Waals surface area contributed by atoms with E-state index >= 15 is 0 Å². The molecular weight excluding hydrogens is 462 g/mol. The third-order valence-electron chi connectivity index (χ3n) is 5.54. The molecule has 2 rings (SSSR count). The lowest BCUT2D eigenvalue weighted by atomic mass is 9.94. The van der Waals surface area contributed by atoms with Crippen molar-refractivity contribution in [2.45, 2.75) is 51.0 Å². The number of piperidine rings is 1. The maximum atomic E-state index is 13.3. The number of carbonyl (C=O) groups is 2. The Kier molecular flexibility index (Phi) is 8.99. The first-order valence-electron chi connectivity index (χ1n) is 10.4. The van der Waals surface area contributed by atoms with Gasteiger partial charge in [-0.15, -0.1) is 0 Å². The van der Waals surface area contributed by atoms with Crippen molar-refractivity contribution in [3.05, 3.63) is 33.3 Å². The molecule has 3 atom stereocenters. The highest BCUT2D eigenvalue weighted by molar-refractivity contribution is 7.89. The molecule has 1 fully saturated rings. The van der Waals surface area contributed by atoms with Crippen LogP contribution in [0.2, 0.25) is 5.02 Å². The standard InChI is InChI=1S/C20H28ClN3O7S/c1-4-13(3)18(19(25)23-10-6-7-14(12-23)20(26)31-5-2)22-32(29,30)15-8-9-16(21)17(11-15)24(27)28/h8-9,11,13-14,18,22H,4-7,10,12H2,1-3H3. The van der Waals surface area contributed by atoms with Crippen molar-refractivity contribution >= 4 is 39.2 Å². The molecule has 1 aromatic rings. The van der Waals surface area contributed by atoms with Crippen LogP contribution in [-0.2, 0) is 24.3 Å². The van der Waals surface area contributed by atoms with Crippen LogP contribution in [0.15, 0.2) is 23.1 Å². The van der Waals surface area contributed by atoms with Crippen LogP contribution in [0.3, 0.4) is 0 Å². The average molecular weight is 490 g/mol. The zero-order chi connectivity index (χ0) is 24.1. The van der Waals surface area contributed by atoms with E-state index in [9.17, 15) is 28.1 Å². The summed E-state index contributed by atoms with van der Waals surface area (Å²) in [6.07, 6.45) is 1.70. The lowest BCUT2D eigenvalue weighted by Crippen LogP contribution is -2.54. The van der Waals surface area contributed by atoms with Crippen LogP contribution in [0.25, 0.3) is 0 Å². The maximum absolute atomic E-state index is 13.3. The van der Waals surface area contributed by atoms with Crippen molar-refractivity contribution in [1.29, 1.82) is 0 Å². The van der Waals surface area contributed by atoms with Gasteiger partial charge >= 0.3 is 5.97 Å². The summed E-state index contributed by atoms with van der Waals surface area (Å²) in [6.45, 7) is 6.06. The maximum Gasteiger partial charge on any atom is 0.310 e. The van der Waals surface area contributed by atoms with E-state index in [2.05, 4.69) is 4.72 Å². The second-order valence-corrected chi connectivity index (χ2v) is 9.85. The first kappa shape index (κ1) is 26.0. The van der Waals surface area contributed by atoms with Gasteiger partial charge in [-0.2, -0.15) is 4.72 Å². The molecule has 1 amide bonds. The number of rotatable bonds is 9. The summed E-state index contributed by atoms with van der Waals surface area (Å²) < 4.78 is 33.4. The van der Waals surface area contributed by atoms with E-state index in [4.69, 9.17) is 16.3 Å². The number of nitro benzene ring substituents is 1. The Morgan fingerprint density at radius 3 is 2.66 bits per heavy atom. The zero-order valence-corrected chi connectivity index (χ0v) is 19.8. The molecule has 0 spiro atoms. The largest absolute Gasteiger partial charge is 0.466 e. The number of nitrogens with zero attached hydrogens (tertiary/aromatic N) is 2. The molecule has 1 aliphatic rings. The number of nitro groups is 1. The zero-order valence-electron chi connectivity index (χ0n) is 18.2. The van der Waals surface area contributed by atoms with E-state index in [0.717, 1.165) is 18.2 Å². The van der Waals surface area contributed by atoms with E-state index in [-0.39, 0.29) is 35.0 Å². The minimum atomic E-state index is -4.26. The van der Waals surface area contributed by atoms with Gasteiger partial charge in [0.25, 0.3) is 5.69 Å². The Balaban J connectivity index is 2.28. The highest BCUT2D eigenvalue weighted by Crippen LogP contribution is 2.28. The first-order valence-corrected chi connectivity index (χ1v) is 12.3. The number of halogens is 1. The van der Waals surface area contributed by atoms with Crippen LogP contribution in [-0.4, -0.2) is 55.9 Å². The van der Waals surface area contributed by atoms with Gasteiger partial charge in [0.05, 0.1) is 22.3 Å². The summed E-state index contributed by atoms with van der Waals surface area (Å²) in [5.74, 6) is -1.64. The molecule has 3 unspecified atom stereocenters. The summed E-state index contributed by atoms with van der Waals surface area (Å²) in [6, 6.07) is 2.04. The fourth-order valence-corrected chi connectivity index (χ4v) is 5.01. The fourth-order valence-electron chi connectivity index (χ4n) is 3.51. The van der Waals surface area contributed by atoms with Crippen molar-refractivity contribution in [3.8, 4) is 0 Å². The van der Waals surface area contributed by atoms with Crippen LogP contribution < -0.4 is 4.72 Å². The van der Waals surface area contributed by atoms with Crippen LogP contribution in [0, 0.1) is 22.0 Å². The summed E-state index contributed by atoms with van der Waals surface area (Å²) in [7, 11) is -4.26. The quantitative estimate of drug-likeness (QED) is 0.320. The van der Waals surface area contributed by atoms with Gasteiger partial charge in [-0.1, -0.05) is 31.9 Å². The van der Waals surface area contributed by atoms with E-state index < -0.39 is 38.5 Å². The normalized spacial score (nSPS) is 18.6. The molecule has 0 aliphatic carbocycles. The Morgan fingerprint density at radius 2 is 2.06 bits per heavy atom. The highest BCUT2D eigenvalue weighted by atomic mass is 35.5. The Labute approximate surface area is 192 Å². The number of hydrogen-bond donors (Lipinski definition) is 1. The number of nitrogens with one attached hydrogen (secondary N) is 1. The van der Waals surface area contributed by atoms with Gasteiger partial charge in [0.2, 0.25) is 15.9 Å². The SMILES string of the molecule is CCOC(=O)C1CCCN(C(=O)C(NS(=O)(=O)c2ccc(Cl)c([N+](=O)[O-])c2)C(C)CC)C1. The fraction of sp³-hybridized carbons (Fsp3) is 0.600.